The molecule has 18 heavy (non-hydrogen) atoms. The fourth-order valence-corrected chi connectivity index (χ4v) is 0.747. The van der Waals surface area contributed by atoms with Crippen LogP contribution in [0.2, 0.25) is 0 Å². The summed E-state index contributed by atoms with van der Waals surface area (Å²) in [6, 6.07) is 0. The molecule has 0 aliphatic rings. The first-order chi connectivity index (χ1) is 7.76. The Bertz CT molecular complexity index is 294. The van der Waals surface area contributed by atoms with E-state index in [1.165, 1.54) is 20.8 Å². The summed E-state index contributed by atoms with van der Waals surface area (Å²) in [5, 5.41) is 0. The van der Waals surface area contributed by atoms with E-state index in [4.69, 9.17) is 0 Å². The Hall–Kier alpha value is -1.15. The second-order valence-corrected chi connectivity index (χ2v) is 4.42. The van der Waals surface area contributed by atoms with Gasteiger partial charge in [-0.3, -0.25) is 0 Å². The van der Waals surface area contributed by atoms with Gasteiger partial charge in [-0.25, -0.2) is 9.18 Å². The lowest BCUT2D eigenvalue weighted by Gasteiger charge is -2.23. The third-order valence-corrected chi connectivity index (χ3v) is 1.43. The molecule has 0 amide bonds. The van der Waals surface area contributed by atoms with Crippen LogP contribution < -0.4 is 0 Å². The second kappa shape index (κ2) is 5.23. The quantitative estimate of drug-likeness (QED) is 0.587. The van der Waals surface area contributed by atoms with Gasteiger partial charge in [0.1, 0.15) is 5.60 Å². The van der Waals surface area contributed by atoms with Gasteiger partial charge in [0.2, 0.25) is 0 Å². The summed E-state index contributed by atoms with van der Waals surface area (Å²) in [7, 11) is 0. The Morgan fingerprint density at radius 3 is 1.89 bits per heavy atom. The number of rotatable bonds is 3. The predicted molar refractivity (Wildman–Crippen MR) is 48.1 cm³/mol. The van der Waals surface area contributed by atoms with Crippen LogP contribution in [0.25, 0.3) is 0 Å². The van der Waals surface area contributed by atoms with Gasteiger partial charge in [0, 0.05) is 0 Å². The van der Waals surface area contributed by atoms with Gasteiger partial charge in [-0.15, -0.1) is 0 Å². The van der Waals surface area contributed by atoms with E-state index in [0.717, 1.165) is 0 Å². The zero-order valence-electron chi connectivity index (χ0n) is 9.78. The van der Waals surface area contributed by atoms with E-state index >= 15 is 0 Å². The van der Waals surface area contributed by atoms with E-state index in [0.29, 0.717) is 0 Å². The lowest BCUT2D eigenvalue weighted by atomic mass is 10.2. The van der Waals surface area contributed by atoms with Crippen molar-refractivity contribution in [1.29, 1.82) is 0 Å². The molecule has 1 atom stereocenters. The summed E-state index contributed by atoms with van der Waals surface area (Å²) in [5.41, 5.74) is -1.06. The van der Waals surface area contributed by atoms with Crippen molar-refractivity contribution in [2.24, 2.45) is 0 Å². The maximum Gasteiger partial charge on any atom is 0.509 e. The molecule has 0 aliphatic heterocycles. The zero-order valence-corrected chi connectivity index (χ0v) is 9.78. The highest BCUT2D eigenvalue weighted by atomic mass is 19.4. The third kappa shape index (κ3) is 5.97. The van der Waals surface area contributed by atoms with Crippen molar-refractivity contribution in [3.8, 4) is 0 Å². The molecule has 0 saturated carbocycles. The Kier molecular flexibility index (Phi) is 4.90. The van der Waals surface area contributed by atoms with Gasteiger partial charge >= 0.3 is 18.3 Å². The molecule has 0 aromatic rings. The van der Waals surface area contributed by atoms with E-state index in [2.05, 4.69) is 9.47 Å². The molecule has 0 aliphatic carbocycles. The summed E-state index contributed by atoms with van der Waals surface area (Å²) < 4.78 is 81.0. The fourth-order valence-electron chi connectivity index (χ4n) is 0.747. The summed E-state index contributed by atoms with van der Waals surface area (Å²) in [6.07, 6.45) is -11.7. The first kappa shape index (κ1) is 16.9. The number of halogens is 6. The van der Waals surface area contributed by atoms with E-state index < -0.39 is 36.6 Å². The first-order valence-corrected chi connectivity index (χ1v) is 4.70. The van der Waals surface area contributed by atoms with E-state index in [1.807, 2.05) is 0 Å². The maximum atomic E-state index is 12.7. The Morgan fingerprint density at radius 1 is 1.11 bits per heavy atom. The molecular weight excluding hydrogens is 270 g/mol. The van der Waals surface area contributed by atoms with Crippen LogP contribution in [0.5, 0.6) is 0 Å². The van der Waals surface area contributed by atoms with Gasteiger partial charge in [0.05, 0.1) is 0 Å². The topological polar surface area (TPSA) is 35.5 Å². The predicted octanol–water partition coefficient (Wildman–Crippen LogP) is 3.47. The Balaban J connectivity index is 4.40. The SMILES string of the molecule is CC(C)(C)OC(=O)OCC(F)(F)C(F)C(F)(F)F. The van der Waals surface area contributed by atoms with Gasteiger partial charge in [-0.1, -0.05) is 0 Å². The highest BCUT2D eigenvalue weighted by Gasteiger charge is 2.57. The molecule has 9 heteroatoms. The molecule has 3 nitrogen and oxygen atoms in total. The summed E-state index contributed by atoms with van der Waals surface area (Å²) in [4.78, 5) is 10.8. The van der Waals surface area contributed by atoms with Crippen molar-refractivity contribution in [2.75, 3.05) is 6.61 Å². The van der Waals surface area contributed by atoms with Gasteiger partial charge in [0.25, 0.3) is 6.17 Å². The van der Waals surface area contributed by atoms with Crippen LogP contribution in [0.4, 0.5) is 31.1 Å². The van der Waals surface area contributed by atoms with Crippen LogP contribution in [0.3, 0.4) is 0 Å². The first-order valence-electron chi connectivity index (χ1n) is 4.70. The van der Waals surface area contributed by atoms with Crippen molar-refractivity contribution in [3.05, 3.63) is 0 Å². The van der Waals surface area contributed by atoms with Crippen LogP contribution in [-0.2, 0) is 9.47 Å². The average molecular weight is 282 g/mol. The summed E-state index contributed by atoms with van der Waals surface area (Å²) in [5.74, 6) is -4.87. The second-order valence-electron chi connectivity index (χ2n) is 4.42. The van der Waals surface area contributed by atoms with Crippen LogP contribution in [0.1, 0.15) is 20.8 Å². The molecule has 0 bridgehead atoms. The molecular formula is C9H12F6O3. The van der Waals surface area contributed by atoms with E-state index in [-0.39, 0.29) is 0 Å². The molecule has 0 saturated heterocycles. The number of carbonyl (C=O) groups is 1. The number of ether oxygens (including phenoxy) is 2. The molecule has 0 aromatic carbocycles. The molecule has 0 fully saturated rings. The zero-order chi connectivity index (χ0) is 14.8. The normalized spacial score (nSPS) is 15.2. The Morgan fingerprint density at radius 2 is 1.56 bits per heavy atom. The number of carbonyl (C=O) groups excluding carboxylic acids is 1. The lowest BCUT2D eigenvalue weighted by molar-refractivity contribution is -0.253. The molecule has 0 aromatic heterocycles. The van der Waals surface area contributed by atoms with Gasteiger partial charge in [-0.05, 0) is 20.8 Å². The minimum absolute atomic E-state index is 1.06. The van der Waals surface area contributed by atoms with Gasteiger partial charge in [-0.2, -0.15) is 22.0 Å². The fraction of sp³-hybridized carbons (Fsp3) is 0.889. The van der Waals surface area contributed by atoms with Crippen molar-refractivity contribution < 1.29 is 40.6 Å². The standard InChI is InChI=1S/C9H12F6O3/c1-7(2,3)18-6(16)17-4-8(11,12)5(10)9(13,14)15/h5H,4H2,1-3H3. The van der Waals surface area contributed by atoms with Crippen molar-refractivity contribution in [1.82, 2.24) is 0 Å². The molecule has 0 radical (unpaired) electrons. The van der Waals surface area contributed by atoms with Crippen LogP contribution >= 0.6 is 0 Å². The minimum Gasteiger partial charge on any atom is -0.429 e. The minimum atomic E-state index is -5.74. The van der Waals surface area contributed by atoms with Crippen LogP contribution in [0, 0.1) is 0 Å². The number of hydrogen-bond donors (Lipinski definition) is 0. The summed E-state index contributed by atoms with van der Waals surface area (Å²) in [6.45, 7) is 2.11. The monoisotopic (exact) mass is 282 g/mol. The maximum absolute atomic E-state index is 12.7. The average Bonchev–Trinajstić information content (AvgIpc) is 2.09. The van der Waals surface area contributed by atoms with Gasteiger partial charge in [0.15, 0.2) is 6.61 Å². The smallest absolute Gasteiger partial charge is 0.429 e. The molecule has 0 spiro atoms. The van der Waals surface area contributed by atoms with Crippen molar-refractivity contribution >= 4 is 6.16 Å². The van der Waals surface area contributed by atoms with Crippen LogP contribution in [0.15, 0.2) is 0 Å². The van der Waals surface area contributed by atoms with E-state index in [1.54, 1.807) is 0 Å². The number of alkyl halides is 6. The highest BCUT2D eigenvalue weighted by molar-refractivity contribution is 5.60. The van der Waals surface area contributed by atoms with E-state index in [9.17, 15) is 31.1 Å². The van der Waals surface area contributed by atoms with Crippen LogP contribution in [-0.4, -0.2) is 36.6 Å². The largest absolute Gasteiger partial charge is 0.509 e. The Labute approximate surface area is 99.0 Å². The molecule has 1 unspecified atom stereocenters. The molecule has 108 valence electrons. The third-order valence-electron chi connectivity index (χ3n) is 1.43. The molecule has 0 rings (SSSR count). The summed E-state index contributed by atoms with van der Waals surface area (Å²) >= 11 is 0. The van der Waals surface area contributed by atoms with Gasteiger partial charge < -0.3 is 9.47 Å². The van der Waals surface area contributed by atoms with Crippen molar-refractivity contribution in [3.63, 3.8) is 0 Å². The number of hydrogen-bond acceptors (Lipinski definition) is 3. The van der Waals surface area contributed by atoms with Crippen molar-refractivity contribution in [2.45, 2.75) is 44.6 Å². The molecule has 0 heterocycles. The molecule has 0 N–H and O–H groups in total. The lowest BCUT2D eigenvalue weighted by Crippen LogP contribution is -2.45. The highest BCUT2D eigenvalue weighted by Crippen LogP contribution is 2.35.